The van der Waals surface area contributed by atoms with Crippen molar-refractivity contribution >= 4 is 21.6 Å². The summed E-state index contributed by atoms with van der Waals surface area (Å²) in [4.78, 5) is 14.8. The first-order chi connectivity index (χ1) is 12.5. The summed E-state index contributed by atoms with van der Waals surface area (Å²) in [6.07, 6.45) is 0.878. The number of anilines is 1. The van der Waals surface area contributed by atoms with Crippen LogP contribution in [0.25, 0.3) is 0 Å². The lowest BCUT2D eigenvalue weighted by Gasteiger charge is -2.21. The number of hydrogen-bond acceptors (Lipinski definition) is 4. The highest BCUT2D eigenvalue weighted by Crippen LogP contribution is 2.22. The number of hydrogen-bond donors (Lipinski definition) is 2. The van der Waals surface area contributed by atoms with Crippen LogP contribution in [-0.4, -0.2) is 45.4 Å². The van der Waals surface area contributed by atoms with Crippen LogP contribution < -0.4 is 10.0 Å². The normalized spacial score (nSPS) is 15.3. The highest BCUT2D eigenvalue weighted by molar-refractivity contribution is 7.92. The molecular weight excluding hydrogens is 350 g/mol. The molecule has 1 amide bonds. The quantitative estimate of drug-likeness (QED) is 0.861. The van der Waals surface area contributed by atoms with E-state index in [2.05, 4.69) is 10.0 Å². The average molecular weight is 373 g/mol. The Bertz CT molecular complexity index is 871. The topological polar surface area (TPSA) is 78.5 Å². The molecule has 0 unspecified atom stereocenters. The van der Waals surface area contributed by atoms with E-state index < -0.39 is 10.0 Å². The molecule has 1 aliphatic rings. The maximum absolute atomic E-state index is 12.9. The Morgan fingerprint density at radius 3 is 2.54 bits per heavy atom. The van der Waals surface area contributed by atoms with Gasteiger partial charge in [0.25, 0.3) is 15.9 Å². The molecule has 1 fully saturated rings. The van der Waals surface area contributed by atoms with Crippen molar-refractivity contribution in [3.63, 3.8) is 0 Å². The van der Waals surface area contributed by atoms with Crippen molar-refractivity contribution in [1.82, 2.24) is 10.2 Å². The molecule has 0 radical (unpaired) electrons. The van der Waals surface area contributed by atoms with Crippen molar-refractivity contribution in [3.05, 3.63) is 59.7 Å². The van der Waals surface area contributed by atoms with Gasteiger partial charge in [0.15, 0.2) is 0 Å². The molecule has 7 heteroatoms. The van der Waals surface area contributed by atoms with Gasteiger partial charge in [-0.15, -0.1) is 0 Å². The number of sulfonamides is 1. The molecular formula is C19H23N3O3S. The van der Waals surface area contributed by atoms with Gasteiger partial charge in [0, 0.05) is 19.6 Å². The lowest BCUT2D eigenvalue weighted by molar-refractivity contribution is 0.0767. The van der Waals surface area contributed by atoms with Crippen LogP contribution in [0.5, 0.6) is 0 Å². The number of carbonyl (C=O) groups is 1. The number of nitrogens with zero attached hydrogens (tertiary/aromatic N) is 1. The van der Waals surface area contributed by atoms with E-state index in [9.17, 15) is 13.2 Å². The summed E-state index contributed by atoms with van der Waals surface area (Å²) in [7, 11) is -3.76. The highest BCUT2D eigenvalue weighted by atomic mass is 32.2. The van der Waals surface area contributed by atoms with Crippen LogP contribution in [-0.2, 0) is 10.0 Å². The van der Waals surface area contributed by atoms with Gasteiger partial charge in [-0.05, 0) is 44.2 Å². The fraction of sp³-hybridized carbons (Fsp3) is 0.316. The summed E-state index contributed by atoms with van der Waals surface area (Å²) < 4.78 is 27.9. The summed E-state index contributed by atoms with van der Waals surface area (Å²) in [5, 5.41) is 3.26. The van der Waals surface area contributed by atoms with E-state index in [-0.39, 0.29) is 10.8 Å². The summed E-state index contributed by atoms with van der Waals surface area (Å²) in [6.45, 7) is 4.78. The standard InChI is InChI=1S/C19H23N3O3S/c1-15-7-9-16(10-8-15)26(24,25)21-18-6-3-2-5-17(18)19(23)22-13-4-11-20-12-14-22/h2-3,5-10,20-21H,4,11-14H2,1H3. The summed E-state index contributed by atoms with van der Waals surface area (Å²) in [5.41, 5.74) is 1.65. The van der Waals surface area contributed by atoms with E-state index in [1.165, 1.54) is 0 Å². The van der Waals surface area contributed by atoms with E-state index >= 15 is 0 Å². The van der Waals surface area contributed by atoms with Crippen molar-refractivity contribution in [2.45, 2.75) is 18.2 Å². The van der Waals surface area contributed by atoms with Crippen LogP contribution in [0.3, 0.4) is 0 Å². The molecule has 3 rings (SSSR count). The number of benzene rings is 2. The molecule has 1 aliphatic heterocycles. The first-order valence-electron chi connectivity index (χ1n) is 8.66. The Kier molecular flexibility index (Phi) is 5.58. The minimum absolute atomic E-state index is 0.157. The van der Waals surface area contributed by atoms with E-state index in [4.69, 9.17) is 0 Å². The third-order valence-electron chi connectivity index (χ3n) is 4.36. The molecule has 1 heterocycles. The van der Waals surface area contributed by atoms with Gasteiger partial charge in [0.1, 0.15) is 0 Å². The van der Waals surface area contributed by atoms with E-state index in [1.54, 1.807) is 53.4 Å². The summed E-state index contributed by atoms with van der Waals surface area (Å²) in [5.74, 6) is -0.157. The largest absolute Gasteiger partial charge is 0.337 e. The second kappa shape index (κ2) is 7.88. The van der Waals surface area contributed by atoms with Crippen LogP contribution >= 0.6 is 0 Å². The van der Waals surface area contributed by atoms with Crippen molar-refractivity contribution in [1.29, 1.82) is 0 Å². The SMILES string of the molecule is Cc1ccc(S(=O)(=O)Nc2ccccc2C(=O)N2CCCNCC2)cc1. The molecule has 2 N–H and O–H groups in total. The summed E-state index contributed by atoms with van der Waals surface area (Å²) >= 11 is 0. The Morgan fingerprint density at radius 1 is 1.04 bits per heavy atom. The number of para-hydroxylation sites is 1. The second-order valence-electron chi connectivity index (χ2n) is 6.36. The van der Waals surface area contributed by atoms with Gasteiger partial charge < -0.3 is 10.2 Å². The molecule has 6 nitrogen and oxygen atoms in total. The van der Waals surface area contributed by atoms with Gasteiger partial charge >= 0.3 is 0 Å². The Hall–Kier alpha value is -2.38. The van der Waals surface area contributed by atoms with Gasteiger partial charge in [-0.1, -0.05) is 29.8 Å². The van der Waals surface area contributed by atoms with Gasteiger partial charge in [0.05, 0.1) is 16.1 Å². The zero-order chi connectivity index (χ0) is 18.6. The maximum Gasteiger partial charge on any atom is 0.261 e. The lowest BCUT2D eigenvalue weighted by Crippen LogP contribution is -2.34. The Labute approximate surface area is 154 Å². The minimum atomic E-state index is -3.76. The molecule has 1 saturated heterocycles. The predicted octanol–water partition coefficient (Wildman–Crippen LogP) is 2.23. The Balaban J connectivity index is 1.87. The van der Waals surface area contributed by atoms with Crippen molar-refractivity contribution in [2.24, 2.45) is 0 Å². The number of rotatable bonds is 4. The lowest BCUT2D eigenvalue weighted by atomic mass is 10.1. The van der Waals surface area contributed by atoms with Crippen LogP contribution in [0.4, 0.5) is 5.69 Å². The van der Waals surface area contributed by atoms with Gasteiger partial charge in [0.2, 0.25) is 0 Å². The van der Waals surface area contributed by atoms with E-state index in [0.29, 0.717) is 24.3 Å². The smallest absolute Gasteiger partial charge is 0.261 e. The summed E-state index contributed by atoms with van der Waals surface area (Å²) in [6, 6.07) is 13.3. The van der Waals surface area contributed by atoms with Gasteiger partial charge in [-0.2, -0.15) is 0 Å². The molecule has 0 aliphatic carbocycles. The molecule has 0 atom stereocenters. The molecule has 2 aromatic rings. The molecule has 0 saturated carbocycles. The number of nitrogens with one attached hydrogen (secondary N) is 2. The highest BCUT2D eigenvalue weighted by Gasteiger charge is 2.22. The van der Waals surface area contributed by atoms with Crippen LogP contribution in [0, 0.1) is 6.92 Å². The number of carbonyl (C=O) groups excluding carboxylic acids is 1. The fourth-order valence-corrected chi connectivity index (χ4v) is 3.98. The third-order valence-corrected chi connectivity index (χ3v) is 5.74. The molecule has 0 bridgehead atoms. The number of aryl methyl sites for hydroxylation is 1. The average Bonchev–Trinajstić information content (AvgIpc) is 2.91. The van der Waals surface area contributed by atoms with E-state index in [1.807, 2.05) is 6.92 Å². The molecule has 0 spiro atoms. The van der Waals surface area contributed by atoms with Crippen molar-refractivity contribution < 1.29 is 13.2 Å². The number of amides is 1. The second-order valence-corrected chi connectivity index (χ2v) is 8.04. The predicted molar refractivity (Wildman–Crippen MR) is 102 cm³/mol. The van der Waals surface area contributed by atoms with Gasteiger partial charge in [-0.25, -0.2) is 8.42 Å². The monoisotopic (exact) mass is 373 g/mol. The van der Waals surface area contributed by atoms with Crippen LogP contribution in [0.1, 0.15) is 22.3 Å². The van der Waals surface area contributed by atoms with Crippen molar-refractivity contribution in [3.8, 4) is 0 Å². The van der Waals surface area contributed by atoms with Crippen molar-refractivity contribution in [2.75, 3.05) is 30.9 Å². The fourth-order valence-electron chi connectivity index (χ4n) is 2.90. The maximum atomic E-state index is 12.9. The van der Waals surface area contributed by atoms with Crippen LogP contribution in [0.15, 0.2) is 53.4 Å². The first kappa shape index (κ1) is 18.4. The molecule has 2 aromatic carbocycles. The zero-order valence-corrected chi connectivity index (χ0v) is 15.6. The zero-order valence-electron chi connectivity index (χ0n) is 14.7. The van der Waals surface area contributed by atoms with Gasteiger partial charge in [-0.3, -0.25) is 9.52 Å². The minimum Gasteiger partial charge on any atom is -0.337 e. The van der Waals surface area contributed by atoms with Crippen LogP contribution in [0.2, 0.25) is 0 Å². The Morgan fingerprint density at radius 2 is 1.77 bits per heavy atom. The van der Waals surface area contributed by atoms with E-state index in [0.717, 1.165) is 25.1 Å². The molecule has 0 aromatic heterocycles. The molecule has 26 heavy (non-hydrogen) atoms. The molecule has 138 valence electrons. The third kappa shape index (κ3) is 4.23. The first-order valence-corrected chi connectivity index (χ1v) is 10.1.